The van der Waals surface area contributed by atoms with Gasteiger partial charge >= 0.3 is 5.97 Å². The SMILES string of the molecule is CSc1nnc(C)n1-c1ccc(C(=O)OCC(=O)Nc2ccc(Oc3ccccc3)cc2)cc1. The van der Waals surface area contributed by atoms with Crippen molar-refractivity contribution in [3.05, 3.63) is 90.3 Å². The lowest BCUT2D eigenvalue weighted by molar-refractivity contribution is -0.119. The van der Waals surface area contributed by atoms with Crippen LogP contribution in [0.25, 0.3) is 5.69 Å². The number of aryl methyl sites for hydroxylation is 1. The summed E-state index contributed by atoms with van der Waals surface area (Å²) < 4.78 is 12.8. The second-order valence-corrected chi connectivity index (χ2v) is 7.95. The van der Waals surface area contributed by atoms with Crippen molar-refractivity contribution in [3.63, 3.8) is 0 Å². The Morgan fingerprint density at radius 1 is 0.912 bits per heavy atom. The predicted molar refractivity (Wildman–Crippen MR) is 130 cm³/mol. The fourth-order valence-electron chi connectivity index (χ4n) is 3.16. The third-order valence-electron chi connectivity index (χ3n) is 4.79. The molecule has 1 aromatic heterocycles. The number of para-hydroxylation sites is 1. The van der Waals surface area contributed by atoms with Gasteiger partial charge in [0.05, 0.1) is 5.56 Å². The summed E-state index contributed by atoms with van der Waals surface area (Å²) in [6, 6.07) is 23.2. The van der Waals surface area contributed by atoms with Crippen LogP contribution in [0, 0.1) is 6.92 Å². The van der Waals surface area contributed by atoms with Crippen molar-refractivity contribution >= 4 is 29.3 Å². The maximum Gasteiger partial charge on any atom is 0.338 e. The first-order valence-electron chi connectivity index (χ1n) is 10.4. The average molecular weight is 475 g/mol. The van der Waals surface area contributed by atoms with E-state index in [-0.39, 0.29) is 0 Å². The Morgan fingerprint density at radius 2 is 1.59 bits per heavy atom. The minimum Gasteiger partial charge on any atom is -0.457 e. The molecule has 0 saturated carbocycles. The molecule has 0 unspecified atom stereocenters. The molecule has 0 spiro atoms. The molecule has 1 heterocycles. The molecule has 3 aromatic carbocycles. The lowest BCUT2D eigenvalue weighted by Crippen LogP contribution is -2.20. The maximum absolute atomic E-state index is 12.4. The van der Waals surface area contributed by atoms with E-state index >= 15 is 0 Å². The van der Waals surface area contributed by atoms with Gasteiger partial charge in [-0.05, 0) is 73.8 Å². The van der Waals surface area contributed by atoms with Gasteiger partial charge in [-0.25, -0.2) is 4.79 Å². The molecule has 0 fully saturated rings. The first-order valence-corrected chi connectivity index (χ1v) is 11.6. The second kappa shape index (κ2) is 10.7. The normalized spacial score (nSPS) is 10.5. The summed E-state index contributed by atoms with van der Waals surface area (Å²) in [6.45, 7) is 1.46. The summed E-state index contributed by atoms with van der Waals surface area (Å²) in [6.07, 6.45) is 1.92. The summed E-state index contributed by atoms with van der Waals surface area (Å²) >= 11 is 1.48. The molecule has 0 atom stereocenters. The Labute approximate surface area is 200 Å². The third-order valence-corrected chi connectivity index (χ3v) is 5.42. The molecular formula is C25H22N4O4S. The van der Waals surface area contributed by atoms with Crippen LogP contribution in [0.2, 0.25) is 0 Å². The highest BCUT2D eigenvalue weighted by Gasteiger charge is 2.13. The van der Waals surface area contributed by atoms with E-state index in [1.165, 1.54) is 11.8 Å². The number of rotatable bonds is 8. The van der Waals surface area contributed by atoms with Crippen molar-refractivity contribution < 1.29 is 19.1 Å². The van der Waals surface area contributed by atoms with Crippen molar-refractivity contribution in [3.8, 4) is 17.2 Å². The number of esters is 1. The molecule has 0 aliphatic carbocycles. The number of ether oxygens (including phenoxy) is 2. The summed E-state index contributed by atoms with van der Waals surface area (Å²) in [5.41, 5.74) is 1.75. The van der Waals surface area contributed by atoms with Crippen LogP contribution >= 0.6 is 11.8 Å². The number of carbonyl (C=O) groups excluding carboxylic acids is 2. The molecule has 4 aromatic rings. The number of aromatic nitrogens is 3. The van der Waals surface area contributed by atoms with Crippen molar-refractivity contribution in [2.45, 2.75) is 12.1 Å². The Balaban J connectivity index is 1.29. The van der Waals surface area contributed by atoms with Crippen molar-refractivity contribution in [1.29, 1.82) is 0 Å². The molecule has 1 amide bonds. The van der Waals surface area contributed by atoms with Crippen LogP contribution in [0.1, 0.15) is 16.2 Å². The van der Waals surface area contributed by atoms with Crippen LogP contribution in [0.5, 0.6) is 11.5 Å². The quantitative estimate of drug-likeness (QED) is 0.287. The Bertz CT molecular complexity index is 1270. The summed E-state index contributed by atoms with van der Waals surface area (Å²) in [5.74, 6) is 1.09. The highest BCUT2D eigenvalue weighted by molar-refractivity contribution is 7.98. The summed E-state index contributed by atoms with van der Waals surface area (Å²) in [5, 5.41) is 11.6. The van der Waals surface area contributed by atoms with Gasteiger partial charge in [-0.1, -0.05) is 30.0 Å². The van der Waals surface area contributed by atoms with Gasteiger partial charge in [0.2, 0.25) is 0 Å². The number of carbonyl (C=O) groups is 2. The minimum absolute atomic E-state index is 0.343. The van der Waals surface area contributed by atoms with Gasteiger partial charge < -0.3 is 14.8 Å². The molecular weight excluding hydrogens is 452 g/mol. The standard InChI is InChI=1S/C25H22N4O4S/c1-17-27-28-25(34-2)29(17)20-12-8-18(9-13-20)24(31)32-16-23(30)26-19-10-14-22(15-11-19)33-21-6-4-3-5-7-21/h3-15H,16H2,1-2H3,(H,26,30). The Hall–Kier alpha value is -4.11. The Kier molecular flexibility index (Phi) is 7.24. The fraction of sp³-hybridized carbons (Fsp3) is 0.120. The lowest BCUT2D eigenvalue weighted by Gasteiger charge is -2.10. The summed E-state index contributed by atoms with van der Waals surface area (Å²) in [7, 11) is 0. The number of nitrogens with zero attached hydrogens (tertiary/aromatic N) is 3. The first-order chi connectivity index (χ1) is 16.5. The van der Waals surface area contributed by atoms with E-state index in [0.717, 1.165) is 22.4 Å². The van der Waals surface area contributed by atoms with Gasteiger partial charge in [-0.15, -0.1) is 10.2 Å². The molecule has 0 radical (unpaired) electrons. The van der Waals surface area contributed by atoms with Crippen LogP contribution in [-0.2, 0) is 9.53 Å². The van der Waals surface area contributed by atoms with E-state index in [2.05, 4.69) is 15.5 Å². The van der Waals surface area contributed by atoms with Crippen LogP contribution in [-0.4, -0.2) is 39.5 Å². The zero-order chi connectivity index (χ0) is 23.9. The molecule has 1 N–H and O–H groups in total. The molecule has 8 nitrogen and oxygen atoms in total. The van der Waals surface area contributed by atoms with Gasteiger partial charge in [-0.2, -0.15) is 0 Å². The van der Waals surface area contributed by atoms with Gasteiger partial charge in [0.1, 0.15) is 17.3 Å². The molecule has 172 valence electrons. The highest BCUT2D eigenvalue weighted by atomic mass is 32.2. The second-order valence-electron chi connectivity index (χ2n) is 7.18. The van der Waals surface area contributed by atoms with Crippen LogP contribution < -0.4 is 10.1 Å². The van der Waals surface area contributed by atoms with Gasteiger partial charge in [0.25, 0.3) is 5.91 Å². The monoisotopic (exact) mass is 474 g/mol. The summed E-state index contributed by atoms with van der Waals surface area (Å²) in [4.78, 5) is 24.6. The number of hydrogen-bond acceptors (Lipinski definition) is 7. The van der Waals surface area contributed by atoms with Crippen LogP contribution in [0.15, 0.2) is 84.0 Å². The van der Waals surface area contributed by atoms with Crippen molar-refractivity contribution in [1.82, 2.24) is 14.8 Å². The zero-order valence-electron chi connectivity index (χ0n) is 18.6. The maximum atomic E-state index is 12.4. The molecule has 9 heteroatoms. The molecule has 0 aliphatic rings. The van der Waals surface area contributed by atoms with E-state index in [9.17, 15) is 9.59 Å². The van der Waals surface area contributed by atoms with Crippen LogP contribution in [0.3, 0.4) is 0 Å². The number of benzene rings is 3. The predicted octanol–water partition coefficient (Wildman–Crippen LogP) is 4.89. The van der Waals surface area contributed by atoms with Gasteiger partial charge in [0.15, 0.2) is 11.8 Å². The number of nitrogens with one attached hydrogen (secondary N) is 1. The molecule has 0 aliphatic heterocycles. The highest BCUT2D eigenvalue weighted by Crippen LogP contribution is 2.23. The molecule has 34 heavy (non-hydrogen) atoms. The van der Waals surface area contributed by atoms with Gasteiger partial charge in [-0.3, -0.25) is 9.36 Å². The molecule has 0 saturated heterocycles. The largest absolute Gasteiger partial charge is 0.457 e. The van der Waals surface area contributed by atoms with E-state index < -0.39 is 18.5 Å². The number of thioether (sulfide) groups is 1. The lowest BCUT2D eigenvalue weighted by atomic mass is 10.2. The smallest absolute Gasteiger partial charge is 0.338 e. The van der Waals surface area contributed by atoms with E-state index in [0.29, 0.717) is 17.0 Å². The van der Waals surface area contributed by atoms with E-state index in [4.69, 9.17) is 9.47 Å². The first kappa shape index (κ1) is 23.1. The number of hydrogen-bond donors (Lipinski definition) is 1. The number of anilines is 1. The zero-order valence-corrected chi connectivity index (χ0v) is 19.4. The minimum atomic E-state index is -0.584. The van der Waals surface area contributed by atoms with Crippen LogP contribution in [0.4, 0.5) is 5.69 Å². The van der Waals surface area contributed by atoms with Crippen molar-refractivity contribution in [2.75, 3.05) is 18.2 Å². The number of amides is 1. The van der Waals surface area contributed by atoms with E-state index in [1.54, 1.807) is 48.5 Å². The average Bonchev–Trinajstić information content (AvgIpc) is 3.25. The third kappa shape index (κ3) is 5.62. The van der Waals surface area contributed by atoms with Crippen molar-refractivity contribution in [2.24, 2.45) is 0 Å². The topological polar surface area (TPSA) is 95.3 Å². The Morgan fingerprint density at radius 3 is 2.26 bits per heavy atom. The fourth-order valence-corrected chi connectivity index (χ4v) is 3.70. The van der Waals surface area contributed by atoms with E-state index in [1.807, 2.05) is 48.1 Å². The molecule has 0 bridgehead atoms. The van der Waals surface area contributed by atoms with Gasteiger partial charge in [0, 0.05) is 11.4 Å². The molecule has 4 rings (SSSR count).